The number of sulfonamides is 1. The van der Waals surface area contributed by atoms with Gasteiger partial charge in [0.2, 0.25) is 11.0 Å². The summed E-state index contributed by atoms with van der Waals surface area (Å²) >= 11 is 2.72. The van der Waals surface area contributed by atoms with Crippen LogP contribution in [0.3, 0.4) is 0 Å². The minimum Gasteiger partial charge on any atom is -0.492 e. The minimum absolute atomic E-state index is 0.0713. The largest absolute Gasteiger partial charge is 0.492 e. The van der Waals surface area contributed by atoms with E-state index in [4.69, 9.17) is 4.74 Å². The first-order chi connectivity index (χ1) is 17.8. The van der Waals surface area contributed by atoms with Crippen molar-refractivity contribution in [1.82, 2.24) is 10.2 Å². The number of ether oxygens (including phenoxy) is 1. The number of thioether (sulfide) groups is 1. The predicted octanol–water partition coefficient (Wildman–Crippen LogP) is 5.47. The SMILES string of the molecule is CCOc1ccccc1N(CC(=O)Nc1nnc(-c2ccc(C)cc2)s1)S(=O)(=O)c1ccc(SC)cc1. The molecule has 192 valence electrons. The summed E-state index contributed by atoms with van der Waals surface area (Å²) in [5.41, 5.74) is 2.27. The first-order valence-electron chi connectivity index (χ1n) is 11.4. The van der Waals surface area contributed by atoms with Crippen molar-refractivity contribution in [1.29, 1.82) is 0 Å². The fourth-order valence-corrected chi connectivity index (χ4v) is 6.10. The number of benzene rings is 3. The third-order valence-corrected chi connectivity index (χ3v) is 8.74. The van der Waals surface area contributed by atoms with Crippen LogP contribution < -0.4 is 14.4 Å². The molecule has 0 atom stereocenters. The summed E-state index contributed by atoms with van der Waals surface area (Å²) in [5.74, 6) is -0.193. The molecule has 1 N–H and O–H groups in total. The van der Waals surface area contributed by atoms with Crippen LogP contribution in [-0.2, 0) is 14.8 Å². The molecule has 0 unspecified atom stereocenters. The van der Waals surface area contributed by atoms with Gasteiger partial charge >= 0.3 is 0 Å². The molecule has 4 rings (SSSR count). The van der Waals surface area contributed by atoms with Crippen LogP contribution in [0, 0.1) is 6.92 Å². The number of amides is 1. The summed E-state index contributed by atoms with van der Waals surface area (Å²) in [4.78, 5) is 14.1. The molecule has 0 fully saturated rings. The van der Waals surface area contributed by atoms with Crippen molar-refractivity contribution in [2.75, 3.05) is 29.0 Å². The number of nitrogens with zero attached hydrogens (tertiary/aromatic N) is 3. The maximum absolute atomic E-state index is 13.8. The number of aromatic nitrogens is 2. The Kier molecular flexibility index (Phi) is 8.47. The van der Waals surface area contributed by atoms with Crippen LogP contribution in [0.15, 0.2) is 82.6 Å². The van der Waals surface area contributed by atoms with Gasteiger partial charge in [-0.25, -0.2) is 8.42 Å². The number of para-hydroxylation sites is 2. The summed E-state index contributed by atoms with van der Waals surface area (Å²) < 4.78 is 34.2. The molecule has 0 radical (unpaired) electrons. The van der Waals surface area contributed by atoms with Crippen molar-refractivity contribution >= 4 is 49.8 Å². The summed E-state index contributed by atoms with van der Waals surface area (Å²) in [7, 11) is -4.10. The van der Waals surface area contributed by atoms with Gasteiger partial charge in [-0.15, -0.1) is 22.0 Å². The predicted molar refractivity (Wildman–Crippen MR) is 149 cm³/mol. The Morgan fingerprint density at radius 3 is 2.41 bits per heavy atom. The number of anilines is 2. The van der Waals surface area contributed by atoms with Crippen LogP contribution >= 0.6 is 23.1 Å². The number of hydrogen-bond acceptors (Lipinski definition) is 8. The van der Waals surface area contributed by atoms with Crippen LogP contribution in [0.2, 0.25) is 0 Å². The first-order valence-corrected chi connectivity index (χ1v) is 14.9. The number of carbonyl (C=O) groups is 1. The van der Waals surface area contributed by atoms with E-state index in [1.54, 1.807) is 36.4 Å². The molecule has 0 aliphatic heterocycles. The lowest BCUT2D eigenvalue weighted by Crippen LogP contribution is -2.38. The van der Waals surface area contributed by atoms with E-state index < -0.39 is 22.5 Å². The van der Waals surface area contributed by atoms with Crippen LogP contribution in [0.5, 0.6) is 5.75 Å². The van der Waals surface area contributed by atoms with Gasteiger partial charge in [-0.1, -0.05) is 53.3 Å². The quantitative estimate of drug-likeness (QED) is 0.260. The van der Waals surface area contributed by atoms with Crippen molar-refractivity contribution in [2.45, 2.75) is 23.6 Å². The molecule has 4 aromatic rings. The highest BCUT2D eigenvalue weighted by molar-refractivity contribution is 7.98. The fourth-order valence-electron chi connectivity index (χ4n) is 3.49. The highest BCUT2D eigenvalue weighted by Crippen LogP contribution is 2.33. The average molecular weight is 555 g/mol. The van der Waals surface area contributed by atoms with E-state index in [2.05, 4.69) is 15.5 Å². The van der Waals surface area contributed by atoms with Gasteiger partial charge in [-0.3, -0.25) is 14.4 Å². The summed E-state index contributed by atoms with van der Waals surface area (Å²) in [5, 5.41) is 11.8. The van der Waals surface area contributed by atoms with Crippen LogP contribution in [0.25, 0.3) is 10.6 Å². The third-order valence-electron chi connectivity index (χ3n) is 5.34. The standard InChI is InChI=1S/C26H26N4O4S3/c1-4-34-23-8-6-5-7-22(23)30(37(32,33)21-15-13-20(35-3)14-16-21)17-24(31)27-26-29-28-25(36-26)19-11-9-18(2)10-12-19/h5-16H,4,17H2,1-3H3,(H,27,29,31). The zero-order valence-corrected chi connectivity index (χ0v) is 23.0. The van der Waals surface area contributed by atoms with Crippen molar-refractivity contribution in [3.8, 4) is 16.3 Å². The summed E-state index contributed by atoms with van der Waals surface area (Å²) in [6.07, 6.45) is 1.91. The van der Waals surface area contributed by atoms with E-state index in [0.717, 1.165) is 20.3 Å². The Hall–Kier alpha value is -3.41. The number of aryl methyl sites for hydroxylation is 1. The molecule has 1 amide bonds. The maximum Gasteiger partial charge on any atom is 0.264 e. The fraction of sp³-hybridized carbons (Fsp3) is 0.192. The second-order valence-corrected chi connectivity index (χ2v) is 11.6. The Morgan fingerprint density at radius 1 is 1.03 bits per heavy atom. The highest BCUT2D eigenvalue weighted by atomic mass is 32.2. The van der Waals surface area contributed by atoms with Crippen LogP contribution in [0.1, 0.15) is 12.5 Å². The Bertz CT molecular complexity index is 1470. The Morgan fingerprint density at radius 2 is 1.73 bits per heavy atom. The molecule has 0 aliphatic carbocycles. The third kappa shape index (κ3) is 6.30. The molecular weight excluding hydrogens is 529 g/mol. The monoisotopic (exact) mass is 554 g/mol. The van der Waals surface area contributed by atoms with Gasteiger partial charge in [0.15, 0.2) is 0 Å². The topological polar surface area (TPSA) is 101 Å². The lowest BCUT2D eigenvalue weighted by molar-refractivity contribution is -0.114. The number of carbonyl (C=O) groups excluding carboxylic acids is 1. The second kappa shape index (κ2) is 11.8. The molecular formula is C26H26N4O4S3. The van der Waals surface area contributed by atoms with Crippen LogP contribution in [0.4, 0.5) is 10.8 Å². The zero-order valence-electron chi connectivity index (χ0n) is 20.5. The molecule has 1 aromatic heterocycles. The summed E-state index contributed by atoms with van der Waals surface area (Å²) in [6, 6.07) is 21.1. The van der Waals surface area contributed by atoms with Gasteiger partial charge in [-0.05, 0) is 56.5 Å². The molecule has 11 heteroatoms. The number of hydrogen-bond donors (Lipinski definition) is 1. The molecule has 0 aliphatic rings. The zero-order chi connectivity index (χ0) is 26.4. The molecule has 8 nitrogen and oxygen atoms in total. The maximum atomic E-state index is 13.8. The average Bonchev–Trinajstić information content (AvgIpc) is 3.36. The normalized spacial score (nSPS) is 11.2. The molecule has 37 heavy (non-hydrogen) atoms. The van der Waals surface area contributed by atoms with E-state index >= 15 is 0 Å². The molecule has 0 bridgehead atoms. The lowest BCUT2D eigenvalue weighted by atomic mass is 10.2. The summed E-state index contributed by atoms with van der Waals surface area (Å²) in [6.45, 7) is 3.67. The van der Waals surface area contributed by atoms with E-state index in [1.165, 1.54) is 35.2 Å². The van der Waals surface area contributed by atoms with Crippen LogP contribution in [-0.4, -0.2) is 43.9 Å². The van der Waals surface area contributed by atoms with E-state index in [9.17, 15) is 13.2 Å². The molecule has 1 heterocycles. The minimum atomic E-state index is -4.10. The smallest absolute Gasteiger partial charge is 0.264 e. The first kappa shape index (κ1) is 26.6. The van der Waals surface area contributed by atoms with Gasteiger partial charge in [0, 0.05) is 10.5 Å². The lowest BCUT2D eigenvalue weighted by Gasteiger charge is -2.25. The molecule has 0 spiro atoms. The van der Waals surface area contributed by atoms with Crippen molar-refractivity contribution < 1.29 is 17.9 Å². The van der Waals surface area contributed by atoms with Crippen molar-refractivity contribution in [3.05, 3.63) is 78.4 Å². The molecule has 0 saturated carbocycles. The number of nitrogens with one attached hydrogen (secondary N) is 1. The van der Waals surface area contributed by atoms with Gasteiger partial charge in [-0.2, -0.15) is 0 Å². The molecule has 0 saturated heterocycles. The number of rotatable bonds is 10. The van der Waals surface area contributed by atoms with Crippen molar-refractivity contribution in [2.24, 2.45) is 0 Å². The Balaban J connectivity index is 1.63. The van der Waals surface area contributed by atoms with Gasteiger partial charge in [0.25, 0.3) is 10.0 Å². The Labute approximate surface area is 224 Å². The highest BCUT2D eigenvalue weighted by Gasteiger charge is 2.30. The van der Waals surface area contributed by atoms with Gasteiger partial charge < -0.3 is 4.74 Å². The molecule has 3 aromatic carbocycles. The van der Waals surface area contributed by atoms with Gasteiger partial charge in [0.1, 0.15) is 17.3 Å². The van der Waals surface area contributed by atoms with E-state index in [0.29, 0.717) is 17.4 Å². The van der Waals surface area contributed by atoms with Gasteiger partial charge in [0.05, 0.1) is 17.2 Å². The van der Waals surface area contributed by atoms with E-state index in [1.807, 2.05) is 44.4 Å². The second-order valence-electron chi connectivity index (χ2n) is 7.91. The van der Waals surface area contributed by atoms with E-state index in [-0.39, 0.29) is 15.7 Å². The van der Waals surface area contributed by atoms with Crippen molar-refractivity contribution in [3.63, 3.8) is 0 Å².